The number of rotatable bonds is 12. The molecule has 0 atom stereocenters. The first-order valence-electron chi connectivity index (χ1n) is 14.0. The van der Waals surface area contributed by atoms with Gasteiger partial charge in [0, 0.05) is 27.4 Å². The minimum absolute atomic E-state index is 0.0157. The SMILES string of the molecule is COc1ccc(OC)c(/C=C(\NC(=O)c2ccccc2)C(=O)Nc2ccc(SCC(=O)Nc3ccc(C(C)C)cc3)cc2)c1. The summed E-state index contributed by atoms with van der Waals surface area (Å²) in [5.74, 6) is 0.660. The van der Waals surface area contributed by atoms with Gasteiger partial charge in [-0.3, -0.25) is 14.4 Å². The van der Waals surface area contributed by atoms with Crippen LogP contribution in [0, 0.1) is 0 Å². The summed E-state index contributed by atoms with van der Waals surface area (Å²) in [6.07, 6.45) is 1.54. The number of benzene rings is 4. The fourth-order valence-corrected chi connectivity index (χ4v) is 4.88. The monoisotopic (exact) mass is 609 g/mol. The highest BCUT2D eigenvalue weighted by atomic mass is 32.2. The maximum Gasteiger partial charge on any atom is 0.272 e. The number of ether oxygens (including phenoxy) is 2. The summed E-state index contributed by atoms with van der Waals surface area (Å²) >= 11 is 1.39. The van der Waals surface area contributed by atoms with Crippen LogP contribution >= 0.6 is 11.8 Å². The molecule has 0 unspecified atom stereocenters. The van der Waals surface area contributed by atoms with Gasteiger partial charge in [-0.25, -0.2) is 0 Å². The highest BCUT2D eigenvalue weighted by molar-refractivity contribution is 8.00. The van der Waals surface area contributed by atoms with Crippen LogP contribution < -0.4 is 25.4 Å². The van der Waals surface area contributed by atoms with Crippen molar-refractivity contribution in [2.75, 3.05) is 30.6 Å². The lowest BCUT2D eigenvalue weighted by atomic mass is 10.0. The van der Waals surface area contributed by atoms with Gasteiger partial charge in [0.05, 0.1) is 20.0 Å². The summed E-state index contributed by atoms with van der Waals surface area (Å²) in [5.41, 5.74) is 3.46. The van der Waals surface area contributed by atoms with Crippen molar-refractivity contribution in [2.24, 2.45) is 0 Å². The Bertz CT molecular complexity index is 1620. The van der Waals surface area contributed by atoms with E-state index in [2.05, 4.69) is 29.8 Å². The number of carbonyl (C=O) groups is 3. The van der Waals surface area contributed by atoms with E-state index in [1.807, 2.05) is 36.4 Å². The molecule has 3 N–H and O–H groups in total. The van der Waals surface area contributed by atoms with Crippen LogP contribution in [-0.2, 0) is 9.59 Å². The van der Waals surface area contributed by atoms with E-state index in [1.165, 1.54) is 30.5 Å². The predicted molar refractivity (Wildman–Crippen MR) is 176 cm³/mol. The molecule has 0 aliphatic rings. The molecule has 0 spiro atoms. The summed E-state index contributed by atoms with van der Waals surface area (Å²) in [6.45, 7) is 4.25. The van der Waals surface area contributed by atoms with E-state index in [0.29, 0.717) is 34.2 Å². The average molecular weight is 610 g/mol. The zero-order valence-electron chi connectivity index (χ0n) is 25.0. The first-order chi connectivity index (χ1) is 21.2. The zero-order valence-corrected chi connectivity index (χ0v) is 25.9. The molecule has 226 valence electrons. The molecule has 4 aromatic carbocycles. The molecule has 0 aliphatic carbocycles. The van der Waals surface area contributed by atoms with Crippen LogP contribution in [0.1, 0.15) is 41.3 Å². The molecule has 0 saturated carbocycles. The van der Waals surface area contributed by atoms with E-state index in [1.54, 1.807) is 67.8 Å². The molecule has 0 radical (unpaired) electrons. The second-order valence-electron chi connectivity index (χ2n) is 10.1. The lowest BCUT2D eigenvalue weighted by Crippen LogP contribution is -2.30. The Kier molecular flexibility index (Phi) is 11.2. The third-order valence-corrected chi connectivity index (χ3v) is 7.62. The second kappa shape index (κ2) is 15.5. The van der Waals surface area contributed by atoms with E-state index in [4.69, 9.17) is 9.47 Å². The van der Waals surface area contributed by atoms with Crippen molar-refractivity contribution in [1.29, 1.82) is 0 Å². The van der Waals surface area contributed by atoms with Crippen LogP contribution in [0.3, 0.4) is 0 Å². The van der Waals surface area contributed by atoms with Crippen molar-refractivity contribution in [3.05, 3.63) is 119 Å². The summed E-state index contributed by atoms with van der Waals surface area (Å²) in [4.78, 5) is 39.8. The average Bonchev–Trinajstić information content (AvgIpc) is 3.04. The molecule has 0 aliphatic heterocycles. The highest BCUT2D eigenvalue weighted by Gasteiger charge is 2.17. The van der Waals surface area contributed by atoms with Crippen molar-refractivity contribution in [3.8, 4) is 11.5 Å². The van der Waals surface area contributed by atoms with Crippen molar-refractivity contribution < 1.29 is 23.9 Å². The number of methoxy groups -OCH3 is 2. The third kappa shape index (κ3) is 8.99. The van der Waals surface area contributed by atoms with Crippen LogP contribution in [0.15, 0.2) is 108 Å². The van der Waals surface area contributed by atoms with Gasteiger partial charge in [-0.15, -0.1) is 11.8 Å². The van der Waals surface area contributed by atoms with Gasteiger partial charge in [0.15, 0.2) is 0 Å². The normalized spacial score (nSPS) is 11.1. The predicted octanol–water partition coefficient (Wildman–Crippen LogP) is 6.97. The number of anilines is 2. The zero-order chi connectivity index (χ0) is 31.5. The van der Waals surface area contributed by atoms with Crippen LogP contribution in [0.2, 0.25) is 0 Å². The summed E-state index contributed by atoms with van der Waals surface area (Å²) < 4.78 is 10.8. The Labute approximate surface area is 261 Å². The molecule has 8 nitrogen and oxygen atoms in total. The van der Waals surface area contributed by atoms with Gasteiger partial charge in [0.25, 0.3) is 11.8 Å². The first kappa shape index (κ1) is 31.9. The van der Waals surface area contributed by atoms with Gasteiger partial charge in [0.1, 0.15) is 17.2 Å². The Balaban J connectivity index is 1.44. The van der Waals surface area contributed by atoms with Gasteiger partial charge in [0.2, 0.25) is 5.91 Å². The molecule has 0 heterocycles. The van der Waals surface area contributed by atoms with E-state index in [0.717, 1.165) is 10.6 Å². The molecule has 4 rings (SSSR count). The number of hydrogen-bond acceptors (Lipinski definition) is 6. The van der Waals surface area contributed by atoms with Crippen molar-refractivity contribution in [3.63, 3.8) is 0 Å². The van der Waals surface area contributed by atoms with E-state index >= 15 is 0 Å². The molecule has 44 heavy (non-hydrogen) atoms. The fourth-order valence-electron chi connectivity index (χ4n) is 4.18. The number of hydrogen-bond donors (Lipinski definition) is 3. The molecule has 0 saturated heterocycles. The Morgan fingerprint density at radius 3 is 2.09 bits per heavy atom. The lowest BCUT2D eigenvalue weighted by Gasteiger charge is -2.13. The maximum absolute atomic E-state index is 13.4. The minimum atomic E-state index is -0.526. The van der Waals surface area contributed by atoms with Crippen LogP contribution in [-0.4, -0.2) is 37.7 Å². The van der Waals surface area contributed by atoms with Gasteiger partial charge in [-0.05, 0) is 84.3 Å². The topological polar surface area (TPSA) is 106 Å². The Morgan fingerprint density at radius 2 is 1.45 bits per heavy atom. The van der Waals surface area contributed by atoms with Crippen LogP contribution in [0.5, 0.6) is 11.5 Å². The van der Waals surface area contributed by atoms with Crippen molar-refractivity contribution in [2.45, 2.75) is 24.7 Å². The smallest absolute Gasteiger partial charge is 0.272 e. The molecule has 0 bridgehead atoms. The molecular weight excluding hydrogens is 574 g/mol. The second-order valence-corrected chi connectivity index (χ2v) is 11.1. The molecular formula is C35H35N3O5S. The van der Waals surface area contributed by atoms with E-state index in [9.17, 15) is 14.4 Å². The van der Waals surface area contributed by atoms with Crippen molar-refractivity contribution >= 4 is 46.9 Å². The van der Waals surface area contributed by atoms with Crippen LogP contribution in [0.4, 0.5) is 11.4 Å². The maximum atomic E-state index is 13.4. The first-order valence-corrected chi connectivity index (χ1v) is 15.0. The van der Waals surface area contributed by atoms with Crippen molar-refractivity contribution in [1.82, 2.24) is 5.32 Å². The van der Waals surface area contributed by atoms with Crippen LogP contribution in [0.25, 0.3) is 6.08 Å². The Morgan fingerprint density at radius 1 is 0.795 bits per heavy atom. The van der Waals surface area contributed by atoms with E-state index < -0.39 is 11.8 Å². The van der Waals surface area contributed by atoms with E-state index in [-0.39, 0.29) is 17.4 Å². The standard InChI is InChI=1S/C35H35N3O5S/c1-23(2)24-10-12-27(13-11-24)36-33(39)22-44-30-17-14-28(15-18-30)37-35(41)31(38-34(40)25-8-6-5-7-9-25)21-26-20-29(42-3)16-19-32(26)43-4/h5-21,23H,22H2,1-4H3,(H,36,39)(H,37,41)(H,38,40)/b31-21-. The number of carbonyl (C=O) groups excluding carboxylic acids is 3. The Hall–Kier alpha value is -5.02. The summed E-state index contributed by atoms with van der Waals surface area (Å²) in [7, 11) is 3.06. The molecule has 9 heteroatoms. The number of thioether (sulfide) groups is 1. The molecule has 0 aromatic heterocycles. The summed E-state index contributed by atoms with van der Waals surface area (Å²) in [5, 5.41) is 8.48. The highest BCUT2D eigenvalue weighted by Crippen LogP contribution is 2.27. The van der Waals surface area contributed by atoms with Gasteiger partial charge in [-0.1, -0.05) is 44.2 Å². The lowest BCUT2D eigenvalue weighted by molar-refractivity contribution is -0.114. The molecule has 3 amide bonds. The van der Waals surface area contributed by atoms with Gasteiger partial charge in [-0.2, -0.15) is 0 Å². The van der Waals surface area contributed by atoms with Gasteiger partial charge < -0.3 is 25.4 Å². The molecule has 0 fully saturated rings. The number of amides is 3. The fraction of sp³-hybridized carbons (Fsp3) is 0.171. The van der Waals surface area contributed by atoms with Gasteiger partial charge >= 0.3 is 0 Å². The molecule has 4 aromatic rings. The minimum Gasteiger partial charge on any atom is -0.497 e. The summed E-state index contributed by atoms with van der Waals surface area (Å²) in [6, 6.07) is 28.8. The number of nitrogens with one attached hydrogen (secondary N) is 3. The largest absolute Gasteiger partial charge is 0.497 e. The third-order valence-electron chi connectivity index (χ3n) is 6.61. The quantitative estimate of drug-likeness (QED) is 0.118.